The molecule has 0 amide bonds. The van der Waals surface area contributed by atoms with Crippen molar-refractivity contribution >= 4 is 43.6 Å². The maximum Gasteiger partial charge on any atom is 0.321 e. The van der Waals surface area contributed by atoms with Gasteiger partial charge in [0.25, 0.3) is 0 Å². The second-order valence-corrected chi connectivity index (χ2v) is 8.38. The van der Waals surface area contributed by atoms with Crippen LogP contribution in [-0.2, 0) is 9.53 Å². The smallest absolute Gasteiger partial charge is 0.321 e. The number of rotatable bonds is 4. The van der Waals surface area contributed by atoms with Crippen LogP contribution in [0.25, 0.3) is 0 Å². The van der Waals surface area contributed by atoms with E-state index in [0.29, 0.717) is 10.9 Å². The summed E-state index contributed by atoms with van der Waals surface area (Å²) in [6.45, 7) is 6.14. The zero-order valence-corrected chi connectivity index (χ0v) is 18.1. The van der Waals surface area contributed by atoms with Crippen molar-refractivity contribution < 1.29 is 14.3 Å². The van der Waals surface area contributed by atoms with E-state index in [9.17, 15) is 9.59 Å². The first-order valence-corrected chi connectivity index (χ1v) is 10.5. The molecule has 3 nitrogen and oxygen atoms in total. The summed E-state index contributed by atoms with van der Waals surface area (Å²) in [6, 6.07) is 11.4. The molecule has 5 heteroatoms. The number of fused-ring (bicyclic) bond motifs is 1. The summed E-state index contributed by atoms with van der Waals surface area (Å²) in [4.78, 5) is 25.1. The van der Waals surface area contributed by atoms with Gasteiger partial charge in [0.05, 0.1) is 5.92 Å². The van der Waals surface area contributed by atoms with Gasteiger partial charge in [-0.25, -0.2) is 0 Å². The largest absolute Gasteiger partial charge is 0.455 e. The number of alkyl halides is 2. The highest BCUT2D eigenvalue weighted by molar-refractivity contribution is 9.12. The monoisotopic (exact) mass is 478 g/mol. The molecular weight excluding hydrogens is 460 g/mol. The van der Waals surface area contributed by atoms with Gasteiger partial charge in [-0.15, -0.1) is 0 Å². The van der Waals surface area contributed by atoms with Crippen LogP contribution >= 0.6 is 31.9 Å². The fraction of sp³-hybridized carbons (Fsp3) is 0.333. The average molecular weight is 480 g/mol. The van der Waals surface area contributed by atoms with Crippen LogP contribution in [0.2, 0.25) is 0 Å². The molecule has 0 fully saturated rings. The van der Waals surface area contributed by atoms with Crippen molar-refractivity contribution in [3.63, 3.8) is 0 Å². The van der Waals surface area contributed by atoms with E-state index in [1.807, 2.05) is 43.3 Å². The molecule has 1 aliphatic carbocycles. The number of halogens is 2. The predicted octanol–water partition coefficient (Wildman–Crippen LogP) is 5.33. The molecule has 3 atom stereocenters. The zero-order valence-electron chi connectivity index (χ0n) is 14.9. The number of carbonyl (C=O) groups excluding carboxylic acids is 2. The summed E-state index contributed by atoms with van der Waals surface area (Å²) < 4.78 is 5.82. The van der Waals surface area contributed by atoms with Crippen LogP contribution in [0.15, 0.2) is 36.4 Å². The number of esters is 1. The molecule has 0 aliphatic heterocycles. The van der Waals surface area contributed by atoms with Crippen LogP contribution < -0.4 is 0 Å². The molecule has 136 valence electrons. The zero-order chi connectivity index (χ0) is 19.0. The number of hydrogen-bond acceptors (Lipinski definition) is 3. The van der Waals surface area contributed by atoms with E-state index in [-0.39, 0.29) is 11.8 Å². The van der Waals surface area contributed by atoms with Gasteiger partial charge in [-0.1, -0.05) is 68.3 Å². The number of carbonyl (C=O) groups is 2. The van der Waals surface area contributed by atoms with Gasteiger partial charge in [-0.05, 0) is 43.0 Å². The molecule has 0 aromatic heterocycles. The summed E-state index contributed by atoms with van der Waals surface area (Å²) >= 11 is 6.59. The van der Waals surface area contributed by atoms with Crippen LogP contribution in [0.3, 0.4) is 0 Å². The third-order valence-corrected chi connectivity index (χ3v) is 7.40. The van der Waals surface area contributed by atoms with Crippen molar-refractivity contribution in [3.05, 3.63) is 69.8 Å². The van der Waals surface area contributed by atoms with Gasteiger partial charge in [0, 0.05) is 16.5 Å². The van der Waals surface area contributed by atoms with Crippen LogP contribution in [0.4, 0.5) is 0 Å². The summed E-state index contributed by atoms with van der Waals surface area (Å²) in [5, 5.41) is 0.446. The second-order valence-electron chi connectivity index (χ2n) is 6.63. The molecule has 0 bridgehead atoms. The quantitative estimate of drug-likeness (QED) is 0.439. The highest BCUT2D eigenvalue weighted by Gasteiger charge is 2.44. The number of Topliss-reactive ketones (excluding diaryl/α,β-unsaturated/α-hetero) is 1. The Balaban J connectivity index is 2.09. The fourth-order valence-electron chi connectivity index (χ4n) is 3.47. The first-order chi connectivity index (χ1) is 12.4. The number of benzene rings is 2. The van der Waals surface area contributed by atoms with Gasteiger partial charge < -0.3 is 4.74 Å². The van der Waals surface area contributed by atoms with Gasteiger partial charge in [0.2, 0.25) is 0 Å². The number of hydrogen-bond donors (Lipinski definition) is 0. The second kappa shape index (κ2) is 7.65. The maximum atomic E-state index is 13.2. The summed E-state index contributed by atoms with van der Waals surface area (Å²) in [7, 11) is 0. The normalized spacial score (nSPS) is 20.0. The Labute approximate surface area is 170 Å². The van der Waals surface area contributed by atoms with E-state index in [2.05, 4.69) is 45.7 Å². The molecule has 0 heterocycles. The summed E-state index contributed by atoms with van der Waals surface area (Å²) in [6.07, 6.45) is -0.605. The fourth-order valence-corrected chi connectivity index (χ4v) is 3.84. The van der Waals surface area contributed by atoms with Gasteiger partial charge in [-0.2, -0.15) is 0 Å². The lowest BCUT2D eigenvalue weighted by Crippen LogP contribution is -2.24. The third-order valence-electron chi connectivity index (χ3n) is 5.19. The van der Waals surface area contributed by atoms with Crippen LogP contribution in [-0.4, -0.2) is 21.9 Å². The first-order valence-electron chi connectivity index (χ1n) is 8.47. The minimum Gasteiger partial charge on any atom is -0.455 e. The van der Waals surface area contributed by atoms with Crippen LogP contribution in [0.1, 0.15) is 50.2 Å². The highest BCUT2D eigenvalue weighted by atomic mass is 79.9. The standard InChI is InChI=1S/C21H20Br2O3/c1-11-8-9-14(13(3)12(11)2)18-19(24)15-6-4-5-7-16(15)20(18)26-21(25)17(23)10-22/h4-9,17-18,20H,10H2,1-3H3. The van der Waals surface area contributed by atoms with E-state index < -0.39 is 16.8 Å². The van der Waals surface area contributed by atoms with E-state index in [0.717, 1.165) is 22.3 Å². The molecule has 0 saturated carbocycles. The molecule has 3 rings (SSSR count). The Hall–Kier alpha value is -1.46. The Morgan fingerprint density at radius 3 is 2.46 bits per heavy atom. The van der Waals surface area contributed by atoms with Crippen molar-refractivity contribution in [3.8, 4) is 0 Å². The molecule has 2 aromatic rings. The molecule has 0 radical (unpaired) electrons. The molecule has 1 aliphatic rings. The lowest BCUT2D eigenvalue weighted by Gasteiger charge is -2.24. The Morgan fingerprint density at radius 1 is 1.08 bits per heavy atom. The SMILES string of the molecule is Cc1ccc(C2C(=O)c3ccccc3C2OC(=O)C(Br)CBr)c(C)c1C. The highest BCUT2D eigenvalue weighted by Crippen LogP contribution is 2.46. The molecule has 0 N–H and O–H groups in total. The van der Waals surface area contributed by atoms with E-state index in [4.69, 9.17) is 4.74 Å². The number of ketones is 1. The topological polar surface area (TPSA) is 43.4 Å². The molecule has 0 saturated heterocycles. The molecule has 3 unspecified atom stereocenters. The average Bonchev–Trinajstić information content (AvgIpc) is 2.92. The maximum absolute atomic E-state index is 13.2. The number of aryl methyl sites for hydroxylation is 1. The van der Waals surface area contributed by atoms with Gasteiger partial charge in [-0.3, -0.25) is 9.59 Å². The van der Waals surface area contributed by atoms with Gasteiger partial charge in [0.15, 0.2) is 5.78 Å². The van der Waals surface area contributed by atoms with Gasteiger partial charge >= 0.3 is 5.97 Å². The number of ether oxygens (including phenoxy) is 1. The van der Waals surface area contributed by atoms with Crippen molar-refractivity contribution in [2.75, 3.05) is 5.33 Å². The molecule has 0 spiro atoms. The minimum absolute atomic E-state index is 0.00900. The first kappa shape index (κ1) is 19.3. The van der Waals surface area contributed by atoms with Gasteiger partial charge in [0.1, 0.15) is 10.9 Å². The Bertz CT molecular complexity index is 876. The Morgan fingerprint density at radius 2 is 1.77 bits per heavy atom. The minimum atomic E-state index is -0.605. The predicted molar refractivity (Wildman–Crippen MR) is 110 cm³/mol. The summed E-state index contributed by atoms with van der Waals surface area (Å²) in [5.74, 6) is -0.872. The lowest BCUT2D eigenvalue weighted by molar-refractivity contribution is -0.148. The molecule has 26 heavy (non-hydrogen) atoms. The summed E-state index contributed by atoms with van der Waals surface area (Å²) in [5.41, 5.74) is 5.77. The van der Waals surface area contributed by atoms with E-state index in [1.54, 1.807) is 0 Å². The van der Waals surface area contributed by atoms with Crippen LogP contribution in [0, 0.1) is 20.8 Å². The van der Waals surface area contributed by atoms with Crippen molar-refractivity contribution in [2.45, 2.75) is 37.6 Å². The lowest BCUT2D eigenvalue weighted by atomic mass is 9.86. The molecule has 2 aromatic carbocycles. The van der Waals surface area contributed by atoms with Crippen LogP contribution in [0.5, 0.6) is 0 Å². The van der Waals surface area contributed by atoms with Crippen molar-refractivity contribution in [1.82, 2.24) is 0 Å². The third kappa shape index (κ3) is 3.27. The van der Waals surface area contributed by atoms with E-state index >= 15 is 0 Å². The van der Waals surface area contributed by atoms with Crippen molar-refractivity contribution in [2.24, 2.45) is 0 Å². The van der Waals surface area contributed by atoms with Crippen molar-refractivity contribution in [1.29, 1.82) is 0 Å². The Kier molecular flexibility index (Phi) is 5.68. The molecular formula is C21H20Br2O3. The van der Waals surface area contributed by atoms with E-state index in [1.165, 1.54) is 5.56 Å².